The van der Waals surface area contributed by atoms with Gasteiger partial charge in [0, 0.05) is 11.6 Å². The summed E-state index contributed by atoms with van der Waals surface area (Å²) in [5, 5.41) is 3.67. The number of rotatable bonds is 0. The molecule has 1 saturated heterocycles. The molecule has 1 fully saturated rings. The molecule has 1 N–H and O–H groups in total. The molecule has 0 amide bonds. The molecule has 2 bridgehead atoms. The van der Waals surface area contributed by atoms with Crippen molar-refractivity contribution in [2.45, 2.75) is 31.3 Å². The highest BCUT2D eigenvalue weighted by molar-refractivity contribution is 5.43. The van der Waals surface area contributed by atoms with Crippen LogP contribution in [0.25, 0.3) is 0 Å². The second-order valence-electron chi connectivity index (χ2n) is 4.15. The fourth-order valence-corrected chi connectivity index (χ4v) is 2.71. The van der Waals surface area contributed by atoms with E-state index in [0.29, 0.717) is 11.6 Å². The van der Waals surface area contributed by atoms with E-state index in [1.165, 1.54) is 24.0 Å². The maximum absolute atomic E-state index is 3.67. The quantitative estimate of drug-likeness (QED) is 0.612. The number of hydrogen-bond acceptors (Lipinski definition) is 1. The van der Waals surface area contributed by atoms with Crippen LogP contribution in [0.5, 0.6) is 0 Å². The predicted octanol–water partition coefficient (Wildman–Crippen LogP) is 2.34. The highest BCUT2D eigenvalue weighted by atomic mass is 15.1. The summed E-state index contributed by atoms with van der Waals surface area (Å²) in [5.74, 6) is 0. The minimum atomic E-state index is 0.293. The van der Waals surface area contributed by atoms with E-state index in [1.54, 1.807) is 0 Å². The second kappa shape index (κ2) is 1.91. The molecule has 12 heavy (non-hydrogen) atoms. The van der Waals surface area contributed by atoms with Gasteiger partial charge in [0.05, 0.1) is 0 Å². The fraction of sp³-hybridized carbons (Fsp3) is 0.455. The Hall–Kier alpha value is -0.820. The topological polar surface area (TPSA) is 12.0 Å². The molecular weight excluding hydrogens is 146 g/mol. The molecule has 0 saturated carbocycles. The van der Waals surface area contributed by atoms with Crippen LogP contribution in [-0.4, -0.2) is 0 Å². The van der Waals surface area contributed by atoms with Crippen LogP contribution in [0.4, 0.5) is 0 Å². The predicted molar refractivity (Wildman–Crippen MR) is 48.9 cm³/mol. The standard InChI is InChI=1S/C11H13N/c1-11-7-6-10(12-11)8-4-2-3-5-9(8)11/h2-5,10,12H,6-7H2,1H3. The largest absolute Gasteiger partial charge is 0.301 e. The summed E-state index contributed by atoms with van der Waals surface area (Å²) in [7, 11) is 0. The zero-order valence-corrected chi connectivity index (χ0v) is 7.30. The van der Waals surface area contributed by atoms with Gasteiger partial charge in [-0.05, 0) is 30.9 Å². The van der Waals surface area contributed by atoms with E-state index in [2.05, 4.69) is 36.5 Å². The van der Waals surface area contributed by atoms with E-state index in [0.717, 1.165) is 0 Å². The number of fused-ring (bicyclic) bond motifs is 5. The van der Waals surface area contributed by atoms with Crippen LogP contribution in [0.3, 0.4) is 0 Å². The first-order valence-electron chi connectivity index (χ1n) is 4.67. The van der Waals surface area contributed by atoms with Gasteiger partial charge >= 0.3 is 0 Å². The minimum Gasteiger partial charge on any atom is -0.301 e. The Labute approximate surface area is 72.8 Å². The van der Waals surface area contributed by atoms with Crippen LogP contribution in [-0.2, 0) is 5.54 Å². The lowest BCUT2D eigenvalue weighted by Crippen LogP contribution is -2.27. The third-order valence-electron chi connectivity index (χ3n) is 3.36. The lowest BCUT2D eigenvalue weighted by Gasteiger charge is -2.22. The van der Waals surface area contributed by atoms with E-state index < -0.39 is 0 Å². The first kappa shape index (κ1) is 6.67. The van der Waals surface area contributed by atoms with Crippen molar-refractivity contribution in [3.63, 3.8) is 0 Å². The highest BCUT2D eigenvalue weighted by Crippen LogP contribution is 2.48. The molecule has 1 aromatic rings. The maximum atomic E-state index is 3.67. The van der Waals surface area contributed by atoms with Crippen molar-refractivity contribution in [3.8, 4) is 0 Å². The molecule has 0 radical (unpaired) electrons. The van der Waals surface area contributed by atoms with E-state index in [-0.39, 0.29) is 0 Å². The van der Waals surface area contributed by atoms with Crippen LogP contribution in [0.15, 0.2) is 24.3 Å². The monoisotopic (exact) mass is 159 g/mol. The van der Waals surface area contributed by atoms with Gasteiger partial charge in [-0.3, -0.25) is 0 Å². The van der Waals surface area contributed by atoms with Crippen LogP contribution in [0.2, 0.25) is 0 Å². The fourth-order valence-electron chi connectivity index (χ4n) is 2.71. The average Bonchev–Trinajstić information content (AvgIpc) is 2.60. The average molecular weight is 159 g/mol. The summed E-state index contributed by atoms with van der Waals surface area (Å²) in [6, 6.07) is 9.46. The first-order chi connectivity index (χ1) is 5.80. The molecule has 1 nitrogen and oxygen atoms in total. The molecule has 62 valence electrons. The van der Waals surface area contributed by atoms with Gasteiger partial charge in [-0.2, -0.15) is 0 Å². The Morgan fingerprint density at radius 2 is 2.25 bits per heavy atom. The van der Waals surface area contributed by atoms with Crippen molar-refractivity contribution in [3.05, 3.63) is 35.4 Å². The summed E-state index contributed by atoms with van der Waals surface area (Å²) >= 11 is 0. The Kier molecular flexibility index (Phi) is 1.06. The van der Waals surface area contributed by atoms with Crippen molar-refractivity contribution in [2.24, 2.45) is 0 Å². The van der Waals surface area contributed by atoms with Crippen LogP contribution < -0.4 is 5.32 Å². The van der Waals surface area contributed by atoms with Gasteiger partial charge in [0.25, 0.3) is 0 Å². The molecule has 0 aromatic heterocycles. The van der Waals surface area contributed by atoms with Gasteiger partial charge < -0.3 is 5.32 Å². The normalized spacial score (nSPS) is 36.9. The van der Waals surface area contributed by atoms with Crippen LogP contribution in [0, 0.1) is 0 Å². The third kappa shape index (κ3) is 0.632. The molecule has 0 aliphatic carbocycles. The first-order valence-corrected chi connectivity index (χ1v) is 4.67. The maximum Gasteiger partial charge on any atom is 0.0415 e. The smallest absolute Gasteiger partial charge is 0.0415 e. The summed E-state index contributed by atoms with van der Waals surface area (Å²) in [4.78, 5) is 0. The van der Waals surface area contributed by atoms with Gasteiger partial charge in [0.1, 0.15) is 0 Å². The van der Waals surface area contributed by atoms with Crippen molar-refractivity contribution >= 4 is 0 Å². The van der Waals surface area contributed by atoms with Crippen molar-refractivity contribution in [2.75, 3.05) is 0 Å². The lowest BCUT2D eigenvalue weighted by atomic mass is 9.83. The summed E-state index contributed by atoms with van der Waals surface area (Å²) in [6.07, 6.45) is 2.61. The van der Waals surface area contributed by atoms with Gasteiger partial charge in [-0.1, -0.05) is 24.3 Å². The van der Waals surface area contributed by atoms with Crippen molar-refractivity contribution in [1.29, 1.82) is 0 Å². The summed E-state index contributed by atoms with van der Waals surface area (Å²) < 4.78 is 0. The molecule has 0 spiro atoms. The summed E-state index contributed by atoms with van der Waals surface area (Å²) in [6.45, 7) is 2.32. The van der Waals surface area contributed by atoms with E-state index in [4.69, 9.17) is 0 Å². The molecule has 2 unspecified atom stereocenters. The SMILES string of the molecule is CC12CCC(N1)c1ccccc12. The van der Waals surface area contributed by atoms with E-state index in [1.807, 2.05) is 0 Å². The van der Waals surface area contributed by atoms with Crippen LogP contribution in [0.1, 0.15) is 36.9 Å². The van der Waals surface area contributed by atoms with E-state index >= 15 is 0 Å². The molecule has 2 aliphatic rings. The second-order valence-corrected chi connectivity index (χ2v) is 4.15. The van der Waals surface area contributed by atoms with Gasteiger partial charge in [0.2, 0.25) is 0 Å². The van der Waals surface area contributed by atoms with E-state index in [9.17, 15) is 0 Å². The Morgan fingerprint density at radius 3 is 3.08 bits per heavy atom. The van der Waals surface area contributed by atoms with Gasteiger partial charge in [0.15, 0.2) is 0 Å². The molecule has 1 heteroatoms. The molecule has 3 rings (SSSR count). The Morgan fingerprint density at radius 1 is 1.42 bits per heavy atom. The zero-order chi connectivity index (χ0) is 8.18. The number of benzene rings is 1. The van der Waals surface area contributed by atoms with Gasteiger partial charge in [-0.25, -0.2) is 0 Å². The Balaban J connectivity index is 2.27. The molecule has 2 heterocycles. The summed E-state index contributed by atoms with van der Waals surface area (Å²) in [5.41, 5.74) is 3.36. The molecule has 1 aromatic carbocycles. The highest BCUT2D eigenvalue weighted by Gasteiger charge is 2.44. The van der Waals surface area contributed by atoms with Crippen molar-refractivity contribution in [1.82, 2.24) is 5.32 Å². The number of hydrogen-bond donors (Lipinski definition) is 1. The zero-order valence-electron chi connectivity index (χ0n) is 7.30. The lowest BCUT2D eigenvalue weighted by molar-refractivity contribution is 0.445. The molecule has 2 atom stereocenters. The Bertz CT molecular complexity index is 332. The molecular formula is C11H13N. The number of nitrogens with one attached hydrogen (secondary N) is 1. The third-order valence-corrected chi connectivity index (χ3v) is 3.36. The minimum absolute atomic E-state index is 0.293. The van der Waals surface area contributed by atoms with Crippen LogP contribution >= 0.6 is 0 Å². The van der Waals surface area contributed by atoms with Gasteiger partial charge in [-0.15, -0.1) is 0 Å². The molecule has 2 aliphatic heterocycles. The van der Waals surface area contributed by atoms with Crippen molar-refractivity contribution < 1.29 is 0 Å².